The van der Waals surface area contributed by atoms with Crippen molar-refractivity contribution in [3.05, 3.63) is 80.9 Å². The molecule has 0 unspecified atom stereocenters. The van der Waals surface area contributed by atoms with E-state index in [0.717, 1.165) is 42.5 Å². The van der Waals surface area contributed by atoms with Gasteiger partial charge in [0.25, 0.3) is 11.5 Å². The zero-order valence-electron chi connectivity index (χ0n) is 31.0. The lowest BCUT2D eigenvalue weighted by atomic mass is 9.99. The summed E-state index contributed by atoms with van der Waals surface area (Å²) < 4.78 is 1.69. The van der Waals surface area contributed by atoms with Gasteiger partial charge in [-0.05, 0) is 74.4 Å². The van der Waals surface area contributed by atoms with E-state index in [1.165, 1.54) is 11.8 Å². The molecule has 1 aliphatic carbocycles. The Morgan fingerprint density at radius 1 is 0.945 bits per heavy atom. The Balaban J connectivity index is 0.877. The highest BCUT2D eigenvalue weighted by atomic mass is 16.2. The smallest absolute Gasteiger partial charge is 0.263 e. The molecule has 4 amide bonds. The second-order valence-corrected chi connectivity index (χ2v) is 14.8. The number of aromatic nitrogens is 4. The number of Topliss-reactive ketones (excluding diaryl/α,β-unsaturated/α-hetero) is 1. The first-order valence-electron chi connectivity index (χ1n) is 19.0. The predicted molar refractivity (Wildman–Crippen MR) is 203 cm³/mol. The number of ketones is 1. The van der Waals surface area contributed by atoms with Crippen molar-refractivity contribution in [2.24, 2.45) is 0 Å². The van der Waals surface area contributed by atoms with Crippen molar-refractivity contribution < 1.29 is 24.0 Å². The maximum absolute atomic E-state index is 13.6. The molecule has 284 valence electrons. The summed E-state index contributed by atoms with van der Waals surface area (Å²) in [5, 5.41) is 6.19. The van der Waals surface area contributed by atoms with Gasteiger partial charge in [0.2, 0.25) is 23.7 Å². The highest BCUT2D eigenvalue weighted by Crippen LogP contribution is 2.33. The average Bonchev–Trinajstić information content (AvgIpc) is 3.83. The maximum atomic E-state index is 13.6. The molecule has 0 radical (unpaired) electrons. The van der Waals surface area contributed by atoms with Gasteiger partial charge >= 0.3 is 0 Å². The number of rotatable bonds is 9. The summed E-state index contributed by atoms with van der Waals surface area (Å²) in [6.45, 7) is 5.89. The number of carbonyl (C=O) groups excluding carboxylic acids is 5. The molecule has 0 bridgehead atoms. The Kier molecular flexibility index (Phi) is 9.61. The van der Waals surface area contributed by atoms with Crippen molar-refractivity contribution >= 4 is 57.9 Å². The Hall–Kier alpha value is -5.99. The monoisotopic (exact) mass is 745 g/mol. The highest BCUT2D eigenvalue weighted by Gasteiger charge is 2.40. The number of imide groups is 1. The van der Waals surface area contributed by atoms with Gasteiger partial charge in [0.1, 0.15) is 17.5 Å². The van der Waals surface area contributed by atoms with Gasteiger partial charge in [0, 0.05) is 68.8 Å². The SMILES string of the molecule is CC(=O)c1c(C)c2cnc(Nc3ccc(N4CCN(C(=O)CCc5cccc6c5CN([C@@H]5CCC(=O)NC5=O)C6=O)CC4)cn3)nc2n(C2CCCC2)c1=O. The topological polar surface area (TPSA) is 180 Å². The normalized spacial score (nSPS) is 18.9. The van der Waals surface area contributed by atoms with Crippen LogP contribution in [0.3, 0.4) is 0 Å². The van der Waals surface area contributed by atoms with E-state index in [2.05, 4.69) is 25.5 Å². The summed E-state index contributed by atoms with van der Waals surface area (Å²) in [7, 11) is 0. The van der Waals surface area contributed by atoms with Gasteiger partial charge < -0.3 is 20.0 Å². The number of hydrogen-bond donors (Lipinski definition) is 2. The van der Waals surface area contributed by atoms with Crippen molar-refractivity contribution in [2.75, 3.05) is 36.4 Å². The van der Waals surface area contributed by atoms with E-state index in [9.17, 15) is 28.8 Å². The molecule has 8 rings (SSSR count). The van der Waals surface area contributed by atoms with Crippen LogP contribution in [0.25, 0.3) is 11.0 Å². The number of benzene rings is 1. The number of hydrogen-bond acceptors (Lipinski definition) is 11. The molecule has 4 aliphatic rings. The molecular weight excluding hydrogens is 702 g/mol. The van der Waals surface area contributed by atoms with Crippen LogP contribution in [0.1, 0.15) is 95.3 Å². The molecule has 2 saturated heterocycles. The number of nitrogens with one attached hydrogen (secondary N) is 2. The molecule has 15 heteroatoms. The number of piperazine rings is 1. The quantitative estimate of drug-likeness (QED) is 0.189. The zero-order valence-corrected chi connectivity index (χ0v) is 31.0. The molecule has 15 nitrogen and oxygen atoms in total. The summed E-state index contributed by atoms with van der Waals surface area (Å²) >= 11 is 0. The molecule has 1 atom stereocenters. The minimum absolute atomic E-state index is 0.0129. The number of pyridine rings is 2. The number of piperidine rings is 1. The summed E-state index contributed by atoms with van der Waals surface area (Å²) in [5.74, 6) is -0.358. The first-order chi connectivity index (χ1) is 26.6. The fraction of sp³-hybridized carbons (Fsp3) is 0.425. The summed E-state index contributed by atoms with van der Waals surface area (Å²) in [6.07, 6.45) is 8.49. The molecule has 3 fully saturated rings. The van der Waals surface area contributed by atoms with Gasteiger partial charge in [0.05, 0.1) is 17.4 Å². The largest absolute Gasteiger partial charge is 0.367 e. The van der Waals surface area contributed by atoms with Crippen molar-refractivity contribution in [1.29, 1.82) is 0 Å². The lowest BCUT2D eigenvalue weighted by molar-refractivity contribution is -0.137. The van der Waals surface area contributed by atoms with Crippen molar-refractivity contribution in [3.63, 3.8) is 0 Å². The van der Waals surface area contributed by atoms with Crippen LogP contribution >= 0.6 is 0 Å². The molecule has 1 saturated carbocycles. The molecule has 0 spiro atoms. The van der Waals surface area contributed by atoms with E-state index in [-0.39, 0.29) is 53.6 Å². The summed E-state index contributed by atoms with van der Waals surface area (Å²) in [4.78, 5) is 96.1. The van der Waals surface area contributed by atoms with E-state index >= 15 is 0 Å². The number of aryl methyl sites for hydroxylation is 2. The molecule has 1 aromatic carbocycles. The summed E-state index contributed by atoms with van der Waals surface area (Å²) in [5.41, 5.74) is 4.24. The zero-order chi connectivity index (χ0) is 38.4. The Bertz CT molecular complexity index is 2290. The molecule has 55 heavy (non-hydrogen) atoms. The average molecular weight is 746 g/mol. The van der Waals surface area contributed by atoms with Gasteiger partial charge in [-0.2, -0.15) is 4.98 Å². The number of carbonyl (C=O) groups is 5. The first-order valence-corrected chi connectivity index (χ1v) is 19.0. The Morgan fingerprint density at radius 3 is 2.44 bits per heavy atom. The van der Waals surface area contributed by atoms with E-state index in [1.54, 1.807) is 30.0 Å². The van der Waals surface area contributed by atoms with Crippen LogP contribution in [-0.2, 0) is 27.3 Å². The maximum Gasteiger partial charge on any atom is 0.263 e. The van der Waals surface area contributed by atoms with Crippen LogP contribution in [0.15, 0.2) is 47.5 Å². The van der Waals surface area contributed by atoms with Crippen molar-refractivity contribution in [3.8, 4) is 0 Å². The summed E-state index contributed by atoms with van der Waals surface area (Å²) in [6, 6.07) is 8.62. The van der Waals surface area contributed by atoms with E-state index in [1.807, 2.05) is 29.2 Å². The van der Waals surface area contributed by atoms with Crippen LogP contribution in [-0.4, -0.2) is 91.0 Å². The molecule has 3 aliphatic heterocycles. The van der Waals surface area contributed by atoms with E-state index < -0.39 is 11.9 Å². The number of nitrogens with zero attached hydrogens (tertiary/aromatic N) is 7. The van der Waals surface area contributed by atoms with Crippen molar-refractivity contribution in [1.82, 2.24) is 34.6 Å². The number of anilines is 3. The van der Waals surface area contributed by atoms with Crippen LogP contribution in [0.5, 0.6) is 0 Å². The second kappa shape index (κ2) is 14.7. The first kappa shape index (κ1) is 36.0. The van der Waals surface area contributed by atoms with Crippen molar-refractivity contribution in [2.45, 2.75) is 83.8 Å². The highest BCUT2D eigenvalue weighted by molar-refractivity contribution is 6.05. The van der Waals surface area contributed by atoms with Crippen LogP contribution in [0.4, 0.5) is 17.5 Å². The fourth-order valence-electron chi connectivity index (χ4n) is 8.57. The van der Waals surface area contributed by atoms with E-state index in [0.29, 0.717) is 79.4 Å². The lowest BCUT2D eigenvalue weighted by Gasteiger charge is -2.36. The van der Waals surface area contributed by atoms with Crippen LogP contribution < -0.4 is 21.1 Å². The third kappa shape index (κ3) is 6.83. The Morgan fingerprint density at radius 2 is 1.73 bits per heavy atom. The third-order valence-corrected chi connectivity index (χ3v) is 11.5. The molecular formula is C40H43N9O6. The number of amides is 4. The van der Waals surface area contributed by atoms with E-state index in [4.69, 9.17) is 4.98 Å². The standard InChI is InChI=1S/C40H43N9O6/c1-23-29-21-42-40(45-36(29)49(26-7-3-4-8-26)39(55)35(23)24(2)50)43-32-13-11-27(20-41-32)46-16-18-47(19-17-46)34(52)15-10-25-6-5-9-28-30(25)22-48(38(28)54)31-12-14-33(51)44-37(31)53/h5-6,9,11,13,20-21,26,31H,3-4,7-8,10,12,14-19,22H2,1-2H3,(H,44,51,53)(H,41,42,43,45)/t31-/m1/s1. The van der Waals surface area contributed by atoms with Gasteiger partial charge in [-0.1, -0.05) is 25.0 Å². The third-order valence-electron chi connectivity index (χ3n) is 11.5. The molecule has 6 heterocycles. The molecule has 4 aromatic rings. The number of fused-ring (bicyclic) bond motifs is 2. The second-order valence-electron chi connectivity index (χ2n) is 14.8. The van der Waals surface area contributed by atoms with Gasteiger partial charge in [-0.25, -0.2) is 9.97 Å². The predicted octanol–water partition coefficient (Wildman–Crippen LogP) is 3.60. The lowest BCUT2D eigenvalue weighted by Crippen LogP contribution is -2.52. The van der Waals surface area contributed by atoms with Gasteiger partial charge in [-0.3, -0.25) is 38.7 Å². The van der Waals surface area contributed by atoms with Crippen LogP contribution in [0.2, 0.25) is 0 Å². The minimum atomic E-state index is -0.680. The molecule has 2 N–H and O–H groups in total. The van der Waals surface area contributed by atoms with Gasteiger partial charge in [-0.15, -0.1) is 0 Å². The Labute approximate surface area is 317 Å². The molecule has 3 aromatic heterocycles. The van der Waals surface area contributed by atoms with Gasteiger partial charge in [0.15, 0.2) is 5.78 Å². The fourth-order valence-corrected chi connectivity index (χ4v) is 8.57. The minimum Gasteiger partial charge on any atom is -0.367 e. The van der Waals surface area contributed by atoms with Crippen LogP contribution in [0, 0.1) is 6.92 Å².